The summed E-state index contributed by atoms with van der Waals surface area (Å²) in [6, 6.07) is 10.3. The molecule has 2 rings (SSSR count). The molecule has 0 heterocycles. The van der Waals surface area contributed by atoms with E-state index >= 15 is 0 Å². The summed E-state index contributed by atoms with van der Waals surface area (Å²) >= 11 is 0. The van der Waals surface area contributed by atoms with Gasteiger partial charge in [-0.2, -0.15) is 0 Å². The molecule has 0 saturated carbocycles. The lowest BCUT2D eigenvalue weighted by Crippen LogP contribution is -2.34. The van der Waals surface area contributed by atoms with Crippen molar-refractivity contribution in [3.05, 3.63) is 59.7 Å². The highest BCUT2D eigenvalue weighted by Gasteiger charge is 2.22. The molecule has 1 N–H and O–H groups in total. The quantitative estimate of drug-likeness (QED) is 0.772. The molecule has 0 saturated heterocycles. The molecule has 0 unspecified atom stereocenters. The maximum atomic E-state index is 13.6. The number of nitrogens with zero attached hydrogens (tertiary/aromatic N) is 1. The minimum Gasteiger partial charge on any atom is -0.321 e. The fraction of sp³-hybridized carbons (Fsp3) is 0.316. The minimum absolute atomic E-state index is 0.0757. The second kappa shape index (κ2) is 8.47. The van der Waals surface area contributed by atoms with Gasteiger partial charge in [-0.3, -0.25) is 9.10 Å². The fourth-order valence-corrected chi connectivity index (χ4v) is 3.64. The van der Waals surface area contributed by atoms with Crippen molar-refractivity contribution >= 4 is 27.3 Å². The van der Waals surface area contributed by atoms with E-state index in [1.165, 1.54) is 6.07 Å². The van der Waals surface area contributed by atoms with Gasteiger partial charge < -0.3 is 5.32 Å². The molecule has 5 nitrogen and oxygen atoms in total. The molecular weight excluding hydrogens is 374 g/mol. The molecule has 0 atom stereocenters. The van der Waals surface area contributed by atoms with Crippen LogP contribution in [-0.4, -0.2) is 27.1 Å². The Morgan fingerprint density at radius 1 is 1.07 bits per heavy atom. The average Bonchev–Trinajstić information content (AvgIpc) is 2.57. The summed E-state index contributed by atoms with van der Waals surface area (Å²) in [5.41, 5.74) is 0.763. The lowest BCUT2D eigenvalue weighted by molar-refractivity contribution is -0.116. The number of benzene rings is 2. The summed E-state index contributed by atoms with van der Waals surface area (Å²) in [6.45, 7) is 3.73. The lowest BCUT2D eigenvalue weighted by atomic mass is 10.0. The first-order chi connectivity index (χ1) is 12.6. The molecule has 2 aromatic carbocycles. The first-order valence-electron chi connectivity index (χ1n) is 8.41. The number of sulfonamides is 1. The van der Waals surface area contributed by atoms with Gasteiger partial charge in [-0.15, -0.1) is 0 Å². The number of halogens is 2. The van der Waals surface area contributed by atoms with E-state index in [9.17, 15) is 22.0 Å². The molecular formula is C19H22F2N2O3S. The third-order valence-electron chi connectivity index (χ3n) is 4.00. The van der Waals surface area contributed by atoms with Gasteiger partial charge in [0.25, 0.3) is 0 Å². The van der Waals surface area contributed by atoms with E-state index in [2.05, 4.69) is 5.32 Å². The van der Waals surface area contributed by atoms with Crippen LogP contribution in [0.25, 0.3) is 0 Å². The molecule has 0 bridgehead atoms. The molecule has 0 aromatic heterocycles. The molecule has 0 fully saturated rings. The summed E-state index contributed by atoms with van der Waals surface area (Å²) in [6.07, 6.45) is 0.797. The van der Waals surface area contributed by atoms with Crippen molar-refractivity contribution < 1.29 is 22.0 Å². The van der Waals surface area contributed by atoms with Crippen molar-refractivity contribution in [3.8, 4) is 0 Å². The third-order valence-corrected chi connectivity index (χ3v) is 5.18. The van der Waals surface area contributed by atoms with Crippen LogP contribution in [0.3, 0.4) is 0 Å². The topological polar surface area (TPSA) is 66.5 Å². The van der Waals surface area contributed by atoms with Gasteiger partial charge in [0.15, 0.2) is 0 Å². The highest BCUT2D eigenvalue weighted by Crippen LogP contribution is 2.29. The van der Waals surface area contributed by atoms with Crippen molar-refractivity contribution in [3.63, 3.8) is 0 Å². The average molecular weight is 396 g/mol. The van der Waals surface area contributed by atoms with E-state index in [1.807, 2.05) is 26.0 Å². The summed E-state index contributed by atoms with van der Waals surface area (Å²) < 4.78 is 52.9. The predicted octanol–water partition coefficient (Wildman–Crippen LogP) is 3.88. The number of rotatable bonds is 7. The Morgan fingerprint density at radius 3 is 2.22 bits per heavy atom. The van der Waals surface area contributed by atoms with Gasteiger partial charge in [-0.1, -0.05) is 38.1 Å². The molecule has 2 aromatic rings. The zero-order chi connectivity index (χ0) is 20.2. The van der Waals surface area contributed by atoms with E-state index in [0.717, 1.165) is 28.3 Å². The van der Waals surface area contributed by atoms with Gasteiger partial charge in [0.1, 0.15) is 17.3 Å². The van der Waals surface area contributed by atoms with Crippen LogP contribution >= 0.6 is 0 Å². The number of para-hydroxylation sites is 2. The Kier molecular flexibility index (Phi) is 6.54. The molecule has 0 spiro atoms. The lowest BCUT2D eigenvalue weighted by Gasteiger charge is -2.26. The highest BCUT2D eigenvalue weighted by atomic mass is 32.2. The number of amides is 1. The molecule has 0 radical (unpaired) electrons. The Morgan fingerprint density at radius 2 is 1.67 bits per heavy atom. The summed E-state index contributed by atoms with van der Waals surface area (Å²) in [5, 5.41) is 2.16. The second-order valence-electron chi connectivity index (χ2n) is 6.44. The first-order valence-corrected chi connectivity index (χ1v) is 10.3. The molecule has 0 aliphatic carbocycles. The second-order valence-corrected chi connectivity index (χ2v) is 8.35. The number of hydrogen-bond donors (Lipinski definition) is 1. The van der Waals surface area contributed by atoms with Crippen LogP contribution in [0.2, 0.25) is 0 Å². The molecule has 0 aliphatic rings. The summed E-state index contributed by atoms with van der Waals surface area (Å²) in [5.74, 6) is -2.40. The van der Waals surface area contributed by atoms with Crippen molar-refractivity contribution in [1.29, 1.82) is 0 Å². The van der Waals surface area contributed by atoms with Crippen LogP contribution in [0.4, 0.5) is 20.2 Å². The standard InChI is InChI=1S/C19H22F2N2O3S/c1-13(2)14-7-4-5-10-17(14)23(27(3,25)26)12-11-18(24)22-19-15(20)8-6-9-16(19)21/h4-10,13H,11-12H2,1-3H3,(H,22,24). The smallest absolute Gasteiger partial charge is 0.232 e. The number of hydrogen-bond acceptors (Lipinski definition) is 3. The van der Waals surface area contributed by atoms with Crippen molar-refractivity contribution in [2.45, 2.75) is 26.2 Å². The molecule has 1 amide bonds. The van der Waals surface area contributed by atoms with Crippen LogP contribution in [0.15, 0.2) is 42.5 Å². The van der Waals surface area contributed by atoms with E-state index in [4.69, 9.17) is 0 Å². The van der Waals surface area contributed by atoms with Gasteiger partial charge in [-0.25, -0.2) is 17.2 Å². The van der Waals surface area contributed by atoms with Gasteiger partial charge >= 0.3 is 0 Å². The Hall–Kier alpha value is -2.48. The van der Waals surface area contributed by atoms with Crippen molar-refractivity contribution in [2.24, 2.45) is 0 Å². The summed E-state index contributed by atoms with van der Waals surface area (Å²) in [4.78, 5) is 12.1. The van der Waals surface area contributed by atoms with E-state index in [1.54, 1.807) is 12.1 Å². The Bertz CT molecular complexity index is 910. The van der Waals surface area contributed by atoms with Crippen molar-refractivity contribution in [2.75, 3.05) is 22.4 Å². The van der Waals surface area contributed by atoms with Crippen LogP contribution in [0, 0.1) is 11.6 Å². The number of carbonyl (C=O) groups is 1. The van der Waals surface area contributed by atoms with E-state index in [0.29, 0.717) is 5.69 Å². The minimum atomic E-state index is -3.65. The SMILES string of the molecule is CC(C)c1ccccc1N(CCC(=O)Nc1c(F)cccc1F)S(C)(=O)=O. The third kappa shape index (κ3) is 5.26. The highest BCUT2D eigenvalue weighted by molar-refractivity contribution is 7.92. The molecule has 146 valence electrons. The Labute approximate surface area is 158 Å². The van der Waals surface area contributed by atoms with Crippen LogP contribution in [0.5, 0.6) is 0 Å². The molecule has 8 heteroatoms. The van der Waals surface area contributed by atoms with Gasteiger partial charge in [-0.05, 0) is 29.7 Å². The molecule has 27 heavy (non-hydrogen) atoms. The zero-order valence-corrected chi connectivity index (χ0v) is 16.2. The van der Waals surface area contributed by atoms with Crippen LogP contribution < -0.4 is 9.62 Å². The van der Waals surface area contributed by atoms with E-state index < -0.39 is 33.3 Å². The first kappa shape index (κ1) is 20.8. The molecule has 0 aliphatic heterocycles. The Balaban J connectivity index is 2.20. The fourth-order valence-electron chi connectivity index (χ4n) is 2.69. The van der Waals surface area contributed by atoms with Crippen molar-refractivity contribution in [1.82, 2.24) is 0 Å². The van der Waals surface area contributed by atoms with Crippen LogP contribution in [-0.2, 0) is 14.8 Å². The van der Waals surface area contributed by atoms with Gasteiger partial charge in [0.05, 0.1) is 11.9 Å². The maximum absolute atomic E-state index is 13.6. The van der Waals surface area contributed by atoms with Gasteiger partial charge in [0, 0.05) is 13.0 Å². The van der Waals surface area contributed by atoms with E-state index in [-0.39, 0.29) is 18.9 Å². The number of carbonyl (C=O) groups excluding carboxylic acids is 1. The number of anilines is 2. The largest absolute Gasteiger partial charge is 0.321 e. The van der Waals surface area contributed by atoms with Gasteiger partial charge in [0.2, 0.25) is 15.9 Å². The zero-order valence-electron chi connectivity index (χ0n) is 15.4. The maximum Gasteiger partial charge on any atom is 0.232 e. The van der Waals surface area contributed by atoms with Crippen LogP contribution in [0.1, 0.15) is 31.7 Å². The monoisotopic (exact) mass is 396 g/mol. The predicted molar refractivity (Wildman–Crippen MR) is 102 cm³/mol. The summed E-state index contributed by atoms with van der Waals surface area (Å²) in [7, 11) is -3.65. The number of nitrogens with one attached hydrogen (secondary N) is 1. The normalized spacial score (nSPS) is 11.5.